The van der Waals surface area contributed by atoms with Gasteiger partial charge < -0.3 is 9.88 Å². The van der Waals surface area contributed by atoms with E-state index in [1.807, 2.05) is 19.9 Å². The number of carbonyl (C=O) groups is 3. The molecule has 3 amide bonds. The van der Waals surface area contributed by atoms with Crippen LogP contribution in [0, 0.1) is 19.7 Å². The lowest BCUT2D eigenvalue weighted by Gasteiger charge is -2.22. The van der Waals surface area contributed by atoms with Gasteiger partial charge in [0.15, 0.2) is 5.78 Å². The topological polar surface area (TPSA) is 71.4 Å². The lowest BCUT2D eigenvalue weighted by atomic mass is 9.92. The zero-order chi connectivity index (χ0) is 23.8. The van der Waals surface area contributed by atoms with Crippen LogP contribution in [0.5, 0.6) is 0 Å². The Kier molecular flexibility index (Phi) is 6.23. The van der Waals surface area contributed by atoms with E-state index in [1.54, 1.807) is 6.92 Å². The summed E-state index contributed by atoms with van der Waals surface area (Å²) in [4.78, 5) is 39.8. The first-order valence-electron chi connectivity index (χ1n) is 11.5. The summed E-state index contributed by atoms with van der Waals surface area (Å²) in [6.45, 7) is 5.92. The Morgan fingerprint density at radius 3 is 2.55 bits per heavy atom. The van der Waals surface area contributed by atoms with E-state index in [0.29, 0.717) is 11.1 Å². The van der Waals surface area contributed by atoms with Gasteiger partial charge in [0, 0.05) is 23.5 Å². The molecule has 2 aromatic rings. The Morgan fingerprint density at radius 1 is 1.15 bits per heavy atom. The third kappa shape index (κ3) is 4.36. The van der Waals surface area contributed by atoms with Gasteiger partial charge in [0.25, 0.3) is 5.91 Å². The van der Waals surface area contributed by atoms with Gasteiger partial charge in [-0.3, -0.25) is 14.5 Å². The van der Waals surface area contributed by atoms with Gasteiger partial charge >= 0.3 is 6.03 Å². The van der Waals surface area contributed by atoms with Crippen LogP contribution >= 0.6 is 0 Å². The van der Waals surface area contributed by atoms with Crippen LogP contribution < -0.4 is 5.32 Å². The number of rotatable bonds is 7. The molecule has 1 saturated heterocycles. The zero-order valence-electron chi connectivity index (χ0n) is 19.4. The van der Waals surface area contributed by atoms with Crippen LogP contribution in [0.15, 0.2) is 42.0 Å². The van der Waals surface area contributed by atoms with Crippen LogP contribution in [0.3, 0.4) is 0 Å². The molecule has 1 unspecified atom stereocenters. The van der Waals surface area contributed by atoms with Crippen molar-refractivity contribution >= 4 is 17.7 Å². The minimum atomic E-state index is -1.34. The summed E-state index contributed by atoms with van der Waals surface area (Å²) in [5, 5.41) is 2.66. The molecule has 2 heterocycles. The molecule has 0 radical (unpaired) electrons. The molecule has 1 fully saturated rings. The first-order chi connectivity index (χ1) is 15.7. The van der Waals surface area contributed by atoms with E-state index in [4.69, 9.17) is 0 Å². The van der Waals surface area contributed by atoms with Crippen LogP contribution in [0.4, 0.5) is 9.18 Å². The van der Waals surface area contributed by atoms with Gasteiger partial charge in [0.2, 0.25) is 0 Å². The van der Waals surface area contributed by atoms with Crippen molar-refractivity contribution < 1.29 is 18.8 Å². The molecule has 6 nitrogen and oxygen atoms in total. The molecule has 33 heavy (non-hydrogen) atoms. The number of aromatic nitrogens is 1. The molecule has 4 rings (SSSR count). The largest absolute Gasteiger partial charge is 0.348 e. The zero-order valence-corrected chi connectivity index (χ0v) is 19.4. The molecule has 1 atom stereocenters. The summed E-state index contributed by atoms with van der Waals surface area (Å²) in [5.41, 5.74) is 2.97. The summed E-state index contributed by atoms with van der Waals surface area (Å²) >= 11 is 0. The van der Waals surface area contributed by atoms with Crippen molar-refractivity contribution in [1.29, 1.82) is 0 Å². The number of urea groups is 1. The van der Waals surface area contributed by atoms with Crippen LogP contribution in [-0.4, -0.2) is 33.7 Å². The average Bonchev–Trinajstić information content (AvgIpc) is 3.20. The number of aryl methyl sites for hydroxylation is 1. The third-order valence-electron chi connectivity index (χ3n) is 6.91. The van der Waals surface area contributed by atoms with E-state index >= 15 is 0 Å². The standard InChI is InChI=1S/C26H30FN3O3/c1-17-15-22(18(2)29(17)14-13-19-7-5-4-6-8-19)23(31)16-30-24(32)26(3,28-25(30)33)20-9-11-21(27)12-10-20/h7,9-12,15H,4-6,8,13-14,16H2,1-3H3,(H,28,33). The lowest BCUT2D eigenvalue weighted by molar-refractivity contribution is -0.130. The monoisotopic (exact) mass is 451 g/mol. The summed E-state index contributed by atoms with van der Waals surface area (Å²) in [6.07, 6.45) is 8.08. The fraction of sp³-hybridized carbons (Fsp3) is 0.423. The fourth-order valence-electron chi connectivity index (χ4n) is 4.86. The lowest BCUT2D eigenvalue weighted by Crippen LogP contribution is -2.41. The second-order valence-corrected chi connectivity index (χ2v) is 9.17. The number of nitrogens with zero attached hydrogens (tertiary/aromatic N) is 2. The van der Waals surface area contributed by atoms with Crippen LogP contribution in [0.25, 0.3) is 0 Å². The number of nitrogens with one attached hydrogen (secondary N) is 1. The number of halogens is 1. The number of carbonyl (C=O) groups excluding carboxylic acids is 3. The second-order valence-electron chi connectivity index (χ2n) is 9.17. The summed E-state index contributed by atoms with van der Waals surface area (Å²) in [5.74, 6) is -1.23. The SMILES string of the molecule is Cc1cc(C(=O)CN2C(=O)NC(C)(c3ccc(F)cc3)C2=O)c(C)n1CCC1=CCCCC1. The number of ketones is 1. The average molecular weight is 452 g/mol. The first-order valence-corrected chi connectivity index (χ1v) is 11.5. The highest BCUT2D eigenvalue weighted by molar-refractivity contribution is 6.11. The number of hydrogen-bond acceptors (Lipinski definition) is 3. The van der Waals surface area contributed by atoms with Crippen molar-refractivity contribution in [2.24, 2.45) is 0 Å². The molecular weight excluding hydrogens is 421 g/mol. The van der Waals surface area contributed by atoms with Crippen LogP contribution in [0.1, 0.15) is 66.3 Å². The van der Waals surface area contributed by atoms with Gasteiger partial charge in [-0.25, -0.2) is 9.18 Å². The highest BCUT2D eigenvalue weighted by Crippen LogP contribution is 2.29. The van der Waals surface area contributed by atoms with Crippen LogP contribution in [0.2, 0.25) is 0 Å². The molecule has 174 valence electrons. The van der Waals surface area contributed by atoms with Gasteiger partial charge in [0.05, 0.1) is 6.54 Å². The van der Waals surface area contributed by atoms with Crippen molar-refractivity contribution in [1.82, 2.24) is 14.8 Å². The van der Waals surface area contributed by atoms with Gasteiger partial charge in [0.1, 0.15) is 11.4 Å². The molecule has 0 saturated carbocycles. The Balaban J connectivity index is 1.49. The van der Waals surface area contributed by atoms with E-state index < -0.39 is 23.3 Å². The smallest absolute Gasteiger partial charge is 0.325 e. The molecule has 1 aliphatic carbocycles. The molecule has 0 spiro atoms. The quantitative estimate of drug-likeness (QED) is 0.374. The number of imide groups is 1. The Bertz CT molecular complexity index is 1130. The van der Waals surface area contributed by atoms with Gasteiger partial charge in [-0.1, -0.05) is 23.8 Å². The maximum absolute atomic E-state index is 13.3. The molecular formula is C26H30FN3O3. The number of amides is 3. The molecule has 1 aliphatic heterocycles. The van der Waals surface area contributed by atoms with E-state index in [0.717, 1.165) is 42.1 Å². The number of Topliss-reactive ketones (excluding diaryl/α,β-unsaturated/α-hetero) is 1. The van der Waals surface area contributed by atoms with Crippen LogP contribution in [-0.2, 0) is 16.9 Å². The Labute approximate surface area is 193 Å². The summed E-state index contributed by atoms with van der Waals surface area (Å²) < 4.78 is 15.4. The van der Waals surface area contributed by atoms with E-state index in [9.17, 15) is 18.8 Å². The molecule has 1 N–H and O–H groups in total. The number of hydrogen-bond donors (Lipinski definition) is 1. The summed E-state index contributed by atoms with van der Waals surface area (Å²) in [7, 11) is 0. The van der Waals surface area contributed by atoms with Crippen molar-refractivity contribution in [3.05, 3.63) is 70.3 Å². The van der Waals surface area contributed by atoms with Crippen molar-refractivity contribution in [2.75, 3.05) is 6.54 Å². The van der Waals surface area contributed by atoms with Gasteiger partial charge in [-0.2, -0.15) is 0 Å². The fourth-order valence-corrected chi connectivity index (χ4v) is 4.86. The van der Waals surface area contributed by atoms with Crippen molar-refractivity contribution in [3.63, 3.8) is 0 Å². The summed E-state index contributed by atoms with van der Waals surface area (Å²) in [6, 6.07) is 6.63. The minimum absolute atomic E-state index is 0.280. The first kappa shape index (κ1) is 23.0. The highest BCUT2D eigenvalue weighted by atomic mass is 19.1. The van der Waals surface area contributed by atoms with E-state index in [-0.39, 0.29) is 12.3 Å². The molecule has 2 aliphatic rings. The normalized spacial score (nSPS) is 20.7. The van der Waals surface area contributed by atoms with Crippen molar-refractivity contribution in [2.45, 2.75) is 65.0 Å². The van der Waals surface area contributed by atoms with Gasteiger partial charge in [-0.05, 0) is 76.6 Å². The Morgan fingerprint density at radius 2 is 1.88 bits per heavy atom. The molecule has 0 bridgehead atoms. The minimum Gasteiger partial charge on any atom is -0.348 e. The molecule has 7 heteroatoms. The van der Waals surface area contributed by atoms with Crippen molar-refractivity contribution in [3.8, 4) is 0 Å². The maximum atomic E-state index is 13.3. The Hall–Kier alpha value is -3.22. The second kappa shape index (κ2) is 8.96. The third-order valence-corrected chi connectivity index (χ3v) is 6.91. The van der Waals surface area contributed by atoms with Gasteiger partial charge in [-0.15, -0.1) is 0 Å². The predicted octanol–water partition coefficient (Wildman–Crippen LogP) is 4.78. The van der Waals surface area contributed by atoms with E-state index in [1.165, 1.54) is 42.7 Å². The van der Waals surface area contributed by atoms with E-state index in [2.05, 4.69) is 16.0 Å². The number of benzene rings is 1. The molecule has 1 aromatic carbocycles. The highest BCUT2D eigenvalue weighted by Gasteiger charge is 2.49. The predicted molar refractivity (Wildman–Crippen MR) is 123 cm³/mol. The number of allylic oxidation sites excluding steroid dienone is 2. The maximum Gasteiger partial charge on any atom is 0.325 e. The molecule has 1 aromatic heterocycles.